The minimum atomic E-state index is -0.127. The Morgan fingerprint density at radius 1 is 1.45 bits per heavy atom. The van der Waals surface area contributed by atoms with Gasteiger partial charge >= 0.3 is 0 Å². The van der Waals surface area contributed by atoms with Crippen LogP contribution < -0.4 is 10.6 Å². The standard InChI is InChI=1S/C14H15N3O2.ClH/c1-9-13(16-8-19-9)14(18)17-7-3-4-10-11(15)5-2-6-12(10)17;/h2,5-6,8H,3-4,7,15H2,1H3;1H. The number of anilines is 2. The molecule has 3 rings (SSSR count). The number of fused-ring (bicyclic) bond motifs is 1. The van der Waals surface area contributed by atoms with E-state index in [0.717, 1.165) is 29.8 Å². The van der Waals surface area contributed by atoms with Crippen molar-refractivity contribution in [2.24, 2.45) is 0 Å². The zero-order valence-corrected chi connectivity index (χ0v) is 11.9. The van der Waals surface area contributed by atoms with E-state index >= 15 is 0 Å². The Kier molecular flexibility index (Phi) is 3.99. The average Bonchev–Trinajstić information content (AvgIpc) is 2.84. The van der Waals surface area contributed by atoms with Crippen molar-refractivity contribution in [1.82, 2.24) is 4.98 Å². The third kappa shape index (κ3) is 2.25. The second-order valence-electron chi connectivity index (χ2n) is 4.66. The molecule has 0 radical (unpaired) electrons. The monoisotopic (exact) mass is 293 g/mol. The van der Waals surface area contributed by atoms with Gasteiger partial charge in [-0.05, 0) is 37.5 Å². The highest BCUT2D eigenvalue weighted by molar-refractivity contribution is 6.06. The number of amides is 1. The Hall–Kier alpha value is -2.01. The molecule has 2 aromatic rings. The van der Waals surface area contributed by atoms with Gasteiger partial charge in [0.15, 0.2) is 12.1 Å². The summed E-state index contributed by atoms with van der Waals surface area (Å²) in [6.45, 7) is 2.42. The molecule has 0 aliphatic carbocycles. The summed E-state index contributed by atoms with van der Waals surface area (Å²) in [5.41, 5.74) is 9.03. The van der Waals surface area contributed by atoms with Crippen LogP contribution in [-0.2, 0) is 6.42 Å². The van der Waals surface area contributed by atoms with E-state index in [1.54, 1.807) is 11.8 Å². The van der Waals surface area contributed by atoms with E-state index in [9.17, 15) is 4.79 Å². The van der Waals surface area contributed by atoms with Gasteiger partial charge in [-0.25, -0.2) is 4.98 Å². The fraction of sp³-hybridized carbons (Fsp3) is 0.286. The second kappa shape index (κ2) is 5.54. The maximum atomic E-state index is 12.5. The molecule has 1 aliphatic rings. The number of nitrogens with two attached hydrogens (primary N) is 1. The van der Waals surface area contributed by atoms with Crippen molar-refractivity contribution in [2.45, 2.75) is 19.8 Å². The molecular weight excluding hydrogens is 278 g/mol. The molecule has 5 nitrogen and oxygen atoms in total. The molecule has 20 heavy (non-hydrogen) atoms. The van der Waals surface area contributed by atoms with Gasteiger partial charge < -0.3 is 15.1 Å². The fourth-order valence-corrected chi connectivity index (χ4v) is 2.50. The van der Waals surface area contributed by atoms with Crippen LogP contribution in [0.1, 0.15) is 28.2 Å². The largest absolute Gasteiger partial charge is 0.448 e. The lowest BCUT2D eigenvalue weighted by atomic mass is 9.99. The minimum absolute atomic E-state index is 0. The summed E-state index contributed by atoms with van der Waals surface area (Å²) in [5.74, 6) is 0.416. The molecular formula is C14H16ClN3O2. The predicted molar refractivity (Wildman–Crippen MR) is 79.3 cm³/mol. The number of halogens is 1. The van der Waals surface area contributed by atoms with E-state index < -0.39 is 0 Å². The van der Waals surface area contributed by atoms with E-state index in [1.807, 2.05) is 18.2 Å². The van der Waals surface area contributed by atoms with Gasteiger partial charge in [-0.15, -0.1) is 12.4 Å². The number of carbonyl (C=O) groups excluding carboxylic acids is 1. The SMILES string of the molecule is Cc1ocnc1C(=O)N1CCCc2c(N)cccc21.Cl. The maximum Gasteiger partial charge on any atom is 0.280 e. The molecule has 1 amide bonds. The second-order valence-corrected chi connectivity index (χ2v) is 4.66. The van der Waals surface area contributed by atoms with Crippen molar-refractivity contribution in [3.05, 3.63) is 41.6 Å². The Bertz CT molecular complexity index is 639. The van der Waals surface area contributed by atoms with Crippen LogP contribution in [0.3, 0.4) is 0 Å². The predicted octanol–water partition coefficient (Wildman–Crippen LogP) is 2.58. The lowest BCUT2D eigenvalue weighted by molar-refractivity contribution is 0.0979. The van der Waals surface area contributed by atoms with Crippen molar-refractivity contribution < 1.29 is 9.21 Å². The van der Waals surface area contributed by atoms with Crippen LogP contribution in [0.25, 0.3) is 0 Å². The normalized spacial score (nSPS) is 13.6. The number of oxazole rings is 1. The number of benzene rings is 1. The number of aryl methyl sites for hydroxylation is 1. The number of carbonyl (C=O) groups is 1. The van der Waals surface area contributed by atoms with Gasteiger partial charge in [0.25, 0.3) is 5.91 Å². The lowest BCUT2D eigenvalue weighted by Gasteiger charge is -2.29. The van der Waals surface area contributed by atoms with Crippen LogP contribution in [0.5, 0.6) is 0 Å². The molecule has 0 atom stereocenters. The molecule has 1 aromatic heterocycles. The van der Waals surface area contributed by atoms with Gasteiger partial charge in [0.2, 0.25) is 0 Å². The van der Waals surface area contributed by atoms with Gasteiger partial charge in [-0.3, -0.25) is 4.79 Å². The van der Waals surface area contributed by atoms with Crippen LogP contribution in [0.15, 0.2) is 29.0 Å². The smallest absolute Gasteiger partial charge is 0.280 e. The van der Waals surface area contributed by atoms with E-state index in [-0.39, 0.29) is 18.3 Å². The van der Waals surface area contributed by atoms with E-state index in [0.29, 0.717) is 18.0 Å². The van der Waals surface area contributed by atoms with Gasteiger partial charge in [0.05, 0.1) is 0 Å². The van der Waals surface area contributed by atoms with Crippen LogP contribution in [0.4, 0.5) is 11.4 Å². The van der Waals surface area contributed by atoms with Crippen LogP contribution in [0, 0.1) is 6.92 Å². The number of rotatable bonds is 1. The number of hydrogen-bond acceptors (Lipinski definition) is 4. The van der Waals surface area contributed by atoms with Crippen LogP contribution in [0.2, 0.25) is 0 Å². The highest BCUT2D eigenvalue weighted by atomic mass is 35.5. The highest BCUT2D eigenvalue weighted by Gasteiger charge is 2.27. The number of aromatic nitrogens is 1. The Morgan fingerprint density at radius 2 is 2.25 bits per heavy atom. The first-order valence-electron chi connectivity index (χ1n) is 6.28. The summed E-state index contributed by atoms with van der Waals surface area (Å²) >= 11 is 0. The fourth-order valence-electron chi connectivity index (χ4n) is 2.50. The third-order valence-electron chi connectivity index (χ3n) is 3.48. The van der Waals surface area contributed by atoms with Crippen LogP contribution >= 0.6 is 12.4 Å². The third-order valence-corrected chi connectivity index (χ3v) is 3.48. The molecule has 2 heterocycles. The molecule has 0 bridgehead atoms. The summed E-state index contributed by atoms with van der Waals surface area (Å²) < 4.78 is 5.10. The Balaban J connectivity index is 0.00000147. The molecule has 0 fully saturated rings. The minimum Gasteiger partial charge on any atom is -0.448 e. The highest BCUT2D eigenvalue weighted by Crippen LogP contribution is 2.32. The summed E-state index contributed by atoms with van der Waals surface area (Å²) in [6, 6.07) is 5.67. The van der Waals surface area contributed by atoms with Crippen molar-refractivity contribution in [1.29, 1.82) is 0 Å². The Labute approximate surface area is 123 Å². The average molecular weight is 294 g/mol. The lowest BCUT2D eigenvalue weighted by Crippen LogP contribution is -2.36. The van der Waals surface area contributed by atoms with Crippen molar-refractivity contribution >= 4 is 29.7 Å². The Morgan fingerprint density at radius 3 is 2.95 bits per heavy atom. The maximum absolute atomic E-state index is 12.5. The molecule has 1 aromatic carbocycles. The topological polar surface area (TPSA) is 72.4 Å². The van der Waals surface area contributed by atoms with Gasteiger partial charge in [-0.1, -0.05) is 6.07 Å². The molecule has 106 valence electrons. The zero-order chi connectivity index (χ0) is 13.4. The van der Waals surface area contributed by atoms with Gasteiger partial charge in [-0.2, -0.15) is 0 Å². The molecule has 0 spiro atoms. The first-order valence-corrected chi connectivity index (χ1v) is 6.28. The summed E-state index contributed by atoms with van der Waals surface area (Å²) in [4.78, 5) is 18.3. The number of hydrogen-bond donors (Lipinski definition) is 1. The number of nitrogen functional groups attached to an aromatic ring is 1. The molecule has 0 saturated heterocycles. The van der Waals surface area contributed by atoms with E-state index in [4.69, 9.17) is 10.2 Å². The van der Waals surface area contributed by atoms with Gasteiger partial charge in [0, 0.05) is 17.9 Å². The summed E-state index contributed by atoms with van der Waals surface area (Å²) in [6.07, 6.45) is 3.11. The van der Waals surface area contributed by atoms with E-state index in [1.165, 1.54) is 6.39 Å². The van der Waals surface area contributed by atoms with Crippen molar-refractivity contribution in [2.75, 3.05) is 17.2 Å². The first kappa shape index (κ1) is 14.4. The summed E-state index contributed by atoms with van der Waals surface area (Å²) in [7, 11) is 0. The quantitative estimate of drug-likeness (QED) is 0.820. The van der Waals surface area contributed by atoms with Crippen molar-refractivity contribution in [3.8, 4) is 0 Å². The van der Waals surface area contributed by atoms with E-state index in [2.05, 4.69) is 4.98 Å². The zero-order valence-electron chi connectivity index (χ0n) is 11.1. The molecule has 2 N–H and O–H groups in total. The number of nitrogens with zero attached hydrogens (tertiary/aromatic N) is 2. The first-order chi connectivity index (χ1) is 9.18. The van der Waals surface area contributed by atoms with Gasteiger partial charge in [0.1, 0.15) is 5.76 Å². The van der Waals surface area contributed by atoms with Crippen molar-refractivity contribution in [3.63, 3.8) is 0 Å². The molecule has 0 saturated carbocycles. The molecule has 6 heteroatoms. The molecule has 0 unspecified atom stereocenters. The van der Waals surface area contributed by atoms with Crippen LogP contribution in [-0.4, -0.2) is 17.4 Å². The summed E-state index contributed by atoms with van der Waals surface area (Å²) in [5, 5.41) is 0. The molecule has 1 aliphatic heterocycles.